The van der Waals surface area contributed by atoms with E-state index in [0.717, 1.165) is 6.42 Å². The van der Waals surface area contributed by atoms with E-state index in [9.17, 15) is 8.42 Å². The van der Waals surface area contributed by atoms with Crippen LogP contribution in [0, 0.1) is 11.8 Å². The molecule has 134 valence electrons. The van der Waals surface area contributed by atoms with Crippen molar-refractivity contribution in [3.8, 4) is 17.2 Å². The fourth-order valence-electron chi connectivity index (χ4n) is 3.36. The average Bonchev–Trinajstić information content (AvgIpc) is 2.98. The molecule has 1 fully saturated rings. The zero-order valence-corrected chi connectivity index (χ0v) is 15.0. The predicted molar refractivity (Wildman–Crippen MR) is 91.0 cm³/mol. The lowest BCUT2D eigenvalue weighted by molar-refractivity contribution is 0.173. The van der Waals surface area contributed by atoms with Crippen molar-refractivity contribution in [1.29, 1.82) is 0 Å². The molecule has 1 aromatic rings. The van der Waals surface area contributed by atoms with E-state index in [1.807, 2.05) is 0 Å². The maximum atomic E-state index is 12.5. The van der Waals surface area contributed by atoms with Crippen molar-refractivity contribution in [1.82, 2.24) is 4.31 Å². The Morgan fingerprint density at radius 2 is 1.88 bits per heavy atom. The molecule has 1 saturated heterocycles. The number of benzene rings is 1. The number of fused-ring (bicyclic) bond motifs is 1. The van der Waals surface area contributed by atoms with E-state index in [2.05, 4.69) is 13.8 Å². The largest absolute Gasteiger partial charge is 0.493 e. The van der Waals surface area contributed by atoms with Crippen LogP contribution in [0.3, 0.4) is 0 Å². The minimum Gasteiger partial charge on any atom is -0.493 e. The minimum absolute atomic E-state index is 0.122. The summed E-state index contributed by atoms with van der Waals surface area (Å²) in [5, 5.41) is 0. The summed E-state index contributed by atoms with van der Waals surface area (Å²) in [6.07, 6.45) is 1.56. The summed E-state index contributed by atoms with van der Waals surface area (Å²) in [6, 6.07) is 5.37. The topological polar surface area (TPSA) is 65.1 Å². The zero-order chi connectivity index (χ0) is 17.2. The average molecular weight is 355 g/mol. The van der Waals surface area contributed by atoms with Crippen LogP contribution in [-0.2, 0) is 10.0 Å². The lowest BCUT2D eigenvalue weighted by Crippen LogP contribution is -2.43. The number of hydrogen-bond acceptors (Lipinski definition) is 5. The van der Waals surface area contributed by atoms with Crippen LogP contribution in [0.2, 0.25) is 0 Å². The quantitative estimate of drug-likeness (QED) is 0.734. The van der Waals surface area contributed by atoms with Gasteiger partial charge in [-0.15, -0.1) is 0 Å². The number of nitrogens with zero attached hydrogens (tertiary/aromatic N) is 1. The zero-order valence-electron chi connectivity index (χ0n) is 14.2. The number of piperidine rings is 1. The van der Waals surface area contributed by atoms with Crippen LogP contribution in [0.1, 0.15) is 26.7 Å². The van der Waals surface area contributed by atoms with Gasteiger partial charge in [-0.2, -0.15) is 0 Å². The summed E-state index contributed by atoms with van der Waals surface area (Å²) in [6.45, 7) is 6.08. The lowest BCUT2D eigenvalue weighted by Gasteiger charge is -2.34. The van der Waals surface area contributed by atoms with Crippen molar-refractivity contribution in [2.45, 2.75) is 26.7 Å². The Kier molecular flexibility index (Phi) is 5.20. The molecule has 1 aromatic carbocycles. The first-order valence-electron chi connectivity index (χ1n) is 8.44. The van der Waals surface area contributed by atoms with Crippen LogP contribution in [-0.4, -0.2) is 45.0 Å². The monoisotopic (exact) mass is 355 g/mol. The first kappa shape index (κ1) is 17.4. The SMILES string of the molecule is C[C@@H]1C[C@H](C)CN(S(=O)(=O)CCCOc2ccc3c(c2)OCO3)C1. The molecule has 0 spiro atoms. The van der Waals surface area contributed by atoms with Gasteiger partial charge in [0.25, 0.3) is 0 Å². The van der Waals surface area contributed by atoms with E-state index in [-0.39, 0.29) is 12.5 Å². The summed E-state index contributed by atoms with van der Waals surface area (Å²) >= 11 is 0. The number of rotatable bonds is 6. The van der Waals surface area contributed by atoms with Crippen molar-refractivity contribution < 1.29 is 22.6 Å². The van der Waals surface area contributed by atoms with Crippen LogP contribution in [0.25, 0.3) is 0 Å². The molecule has 6 nitrogen and oxygen atoms in total. The van der Waals surface area contributed by atoms with Gasteiger partial charge in [-0.1, -0.05) is 13.8 Å². The molecule has 0 saturated carbocycles. The van der Waals surface area contributed by atoms with Crippen molar-refractivity contribution in [2.75, 3.05) is 32.2 Å². The first-order valence-corrected chi connectivity index (χ1v) is 10.1. The second-order valence-electron chi connectivity index (χ2n) is 6.80. The van der Waals surface area contributed by atoms with Gasteiger partial charge >= 0.3 is 0 Å². The van der Waals surface area contributed by atoms with Gasteiger partial charge in [-0.25, -0.2) is 12.7 Å². The van der Waals surface area contributed by atoms with Crippen molar-refractivity contribution in [3.63, 3.8) is 0 Å². The molecular formula is C17H25NO5S. The minimum atomic E-state index is -3.20. The first-order chi connectivity index (χ1) is 11.4. The molecule has 7 heteroatoms. The highest BCUT2D eigenvalue weighted by molar-refractivity contribution is 7.89. The molecular weight excluding hydrogens is 330 g/mol. The lowest BCUT2D eigenvalue weighted by atomic mass is 9.94. The van der Waals surface area contributed by atoms with Crippen LogP contribution in [0.15, 0.2) is 18.2 Å². The third-order valence-electron chi connectivity index (χ3n) is 4.39. The van der Waals surface area contributed by atoms with Crippen molar-refractivity contribution in [2.24, 2.45) is 11.8 Å². The van der Waals surface area contributed by atoms with E-state index in [1.165, 1.54) is 0 Å². The van der Waals surface area contributed by atoms with Gasteiger partial charge in [0.05, 0.1) is 12.4 Å². The Bertz CT molecular complexity index is 666. The van der Waals surface area contributed by atoms with Gasteiger partial charge in [0.15, 0.2) is 11.5 Å². The third kappa shape index (κ3) is 4.13. The molecule has 0 bridgehead atoms. The van der Waals surface area contributed by atoms with Gasteiger partial charge in [0.1, 0.15) is 5.75 Å². The van der Waals surface area contributed by atoms with E-state index in [0.29, 0.717) is 55.2 Å². The maximum absolute atomic E-state index is 12.5. The Morgan fingerprint density at radius 1 is 1.17 bits per heavy atom. The van der Waals surface area contributed by atoms with Crippen LogP contribution < -0.4 is 14.2 Å². The molecule has 24 heavy (non-hydrogen) atoms. The number of hydrogen-bond donors (Lipinski definition) is 0. The molecule has 2 aliphatic heterocycles. The molecule has 2 atom stereocenters. The Balaban J connectivity index is 1.47. The summed E-state index contributed by atoms with van der Waals surface area (Å²) < 4.78 is 42.8. The third-order valence-corrected chi connectivity index (χ3v) is 6.28. The predicted octanol–water partition coefficient (Wildman–Crippen LogP) is 2.49. The molecule has 0 radical (unpaired) electrons. The van der Waals surface area contributed by atoms with Crippen LogP contribution in [0.5, 0.6) is 17.2 Å². The fraction of sp³-hybridized carbons (Fsp3) is 0.647. The molecule has 0 aliphatic carbocycles. The molecule has 0 aromatic heterocycles. The van der Waals surface area contributed by atoms with Gasteiger partial charge in [0, 0.05) is 19.2 Å². The van der Waals surface area contributed by atoms with E-state index in [1.54, 1.807) is 22.5 Å². The molecule has 2 heterocycles. The normalized spacial score (nSPS) is 24.1. The summed E-state index contributed by atoms with van der Waals surface area (Å²) in [7, 11) is -3.20. The van der Waals surface area contributed by atoms with Crippen molar-refractivity contribution in [3.05, 3.63) is 18.2 Å². The number of ether oxygens (including phenoxy) is 3. The van der Waals surface area contributed by atoms with Gasteiger partial charge in [-0.05, 0) is 36.8 Å². The highest BCUT2D eigenvalue weighted by Gasteiger charge is 2.29. The van der Waals surface area contributed by atoms with Crippen LogP contribution in [0.4, 0.5) is 0 Å². The van der Waals surface area contributed by atoms with Gasteiger partial charge in [-0.3, -0.25) is 0 Å². The summed E-state index contributed by atoms with van der Waals surface area (Å²) in [5.41, 5.74) is 0. The summed E-state index contributed by atoms with van der Waals surface area (Å²) in [5.74, 6) is 3.00. The Morgan fingerprint density at radius 3 is 2.62 bits per heavy atom. The highest BCUT2D eigenvalue weighted by Crippen LogP contribution is 2.35. The van der Waals surface area contributed by atoms with Gasteiger partial charge in [0.2, 0.25) is 16.8 Å². The molecule has 3 rings (SSSR count). The fourth-order valence-corrected chi connectivity index (χ4v) is 5.06. The van der Waals surface area contributed by atoms with E-state index >= 15 is 0 Å². The van der Waals surface area contributed by atoms with Crippen molar-refractivity contribution >= 4 is 10.0 Å². The maximum Gasteiger partial charge on any atom is 0.231 e. The van der Waals surface area contributed by atoms with Gasteiger partial charge < -0.3 is 14.2 Å². The van der Waals surface area contributed by atoms with E-state index < -0.39 is 10.0 Å². The Hall–Kier alpha value is -1.47. The molecule has 0 N–H and O–H groups in total. The van der Waals surface area contributed by atoms with E-state index in [4.69, 9.17) is 14.2 Å². The molecule has 0 unspecified atom stereocenters. The smallest absolute Gasteiger partial charge is 0.231 e. The summed E-state index contributed by atoms with van der Waals surface area (Å²) in [4.78, 5) is 0. The molecule has 2 aliphatic rings. The highest BCUT2D eigenvalue weighted by atomic mass is 32.2. The second-order valence-corrected chi connectivity index (χ2v) is 8.88. The van der Waals surface area contributed by atoms with Crippen LogP contribution >= 0.6 is 0 Å². The second kappa shape index (κ2) is 7.19. The standard InChI is InChI=1S/C17H25NO5S/c1-13-8-14(2)11-18(10-13)24(19,20)7-3-6-21-15-4-5-16-17(9-15)23-12-22-16/h4-5,9,13-14H,3,6-8,10-12H2,1-2H3/t13-,14+. The number of sulfonamides is 1. The molecule has 0 amide bonds. The Labute approximate surface area is 143 Å².